The lowest BCUT2D eigenvalue weighted by molar-refractivity contribution is 0.594. The zero-order valence-corrected chi connectivity index (χ0v) is 15.4. The van der Waals surface area contributed by atoms with Gasteiger partial charge in [0.15, 0.2) is 6.87 Å². The van der Waals surface area contributed by atoms with E-state index in [-0.39, 0.29) is 0 Å². The zero-order valence-electron chi connectivity index (χ0n) is 11.4. The Hall–Kier alpha value is 0.828. The Kier molecular flexibility index (Phi) is 3.91. The fourth-order valence-electron chi connectivity index (χ4n) is 3.38. The lowest BCUT2D eigenvalue weighted by Gasteiger charge is -2.52. The molecule has 1 N–H and O–H groups in total. The summed E-state index contributed by atoms with van der Waals surface area (Å²) in [7, 11) is -4.09. The van der Waals surface area contributed by atoms with Crippen molar-refractivity contribution in [1.82, 2.24) is 0 Å². The van der Waals surface area contributed by atoms with Crippen molar-refractivity contribution >= 4 is 29.6 Å². The predicted molar refractivity (Wildman–Crippen MR) is 78.0 cm³/mol. The van der Waals surface area contributed by atoms with Gasteiger partial charge >= 0.3 is 0 Å². The van der Waals surface area contributed by atoms with E-state index in [9.17, 15) is 4.80 Å². The molecule has 86 valence electrons. The summed E-state index contributed by atoms with van der Waals surface area (Å²) >= 11 is 0. The van der Waals surface area contributed by atoms with Gasteiger partial charge in [0.25, 0.3) is 0 Å². The molecular formula is C9H28OSi4. The van der Waals surface area contributed by atoms with Crippen LogP contribution in [-0.2, 0) is 0 Å². The highest BCUT2D eigenvalue weighted by Gasteiger charge is 2.61. The topological polar surface area (TPSA) is 20.2 Å². The van der Waals surface area contributed by atoms with E-state index in [1.54, 1.807) is 0 Å². The second-order valence-electron chi connectivity index (χ2n) is 7.46. The molecule has 0 aliphatic carbocycles. The summed E-state index contributed by atoms with van der Waals surface area (Å²) in [5.74, 6) is 0. The quantitative estimate of drug-likeness (QED) is 0.777. The second-order valence-corrected chi connectivity index (χ2v) is 46.9. The fourth-order valence-corrected chi connectivity index (χ4v) is 91.1. The molecule has 0 aliphatic heterocycles. The van der Waals surface area contributed by atoms with Crippen LogP contribution in [0.25, 0.3) is 0 Å². The Morgan fingerprint density at radius 2 is 0.643 bits per heavy atom. The van der Waals surface area contributed by atoms with Crippen molar-refractivity contribution in [3.63, 3.8) is 0 Å². The maximum atomic E-state index is 11.3. The smallest absolute Gasteiger partial charge is 0.153 e. The molecule has 14 heavy (non-hydrogen) atoms. The average molecular weight is 265 g/mol. The van der Waals surface area contributed by atoms with Gasteiger partial charge in [-0.05, 0) is 0 Å². The summed E-state index contributed by atoms with van der Waals surface area (Å²) in [6.07, 6.45) is 0. The van der Waals surface area contributed by atoms with Crippen LogP contribution in [0.5, 0.6) is 0 Å². The Morgan fingerprint density at radius 3 is 0.643 bits per heavy atom. The maximum Gasteiger partial charge on any atom is 0.153 e. The van der Waals surface area contributed by atoms with Crippen LogP contribution in [0, 0.1) is 0 Å². The minimum atomic E-state index is -1.94. The van der Waals surface area contributed by atoms with E-state index in [0.29, 0.717) is 0 Å². The molecule has 0 saturated heterocycles. The lowest BCUT2D eigenvalue weighted by Crippen LogP contribution is -2.83. The van der Waals surface area contributed by atoms with E-state index in [1.807, 2.05) is 0 Å². The van der Waals surface area contributed by atoms with Crippen molar-refractivity contribution < 1.29 is 4.80 Å². The van der Waals surface area contributed by atoms with Crippen LogP contribution in [-0.4, -0.2) is 34.4 Å². The molecule has 0 bridgehead atoms. The standard InChI is InChI=1S/C9H28OSi4/c1-11(2,3)14(10,12(4,5)6)13(7,8)9/h10H,1-9H3. The third-order valence-corrected chi connectivity index (χ3v) is 69.8. The molecule has 0 atom stereocenters. The number of rotatable bonds is 3. The fraction of sp³-hybridized carbons (Fsp3) is 1.00. The average Bonchev–Trinajstić information content (AvgIpc) is 1.77. The van der Waals surface area contributed by atoms with E-state index in [0.717, 1.165) is 0 Å². The molecule has 0 aromatic heterocycles. The first kappa shape index (κ1) is 14.8. The van der Waals surface area contributed by atoms with Gasteiger partial charge in [-0.1, -0.05) is 58.9 Å². The first-order valence-corrected chi connectivity index (χ1v) is 20.9. The number of hydrogen-bond acceptors (Lipinski definition) is 1. The minimum Gasteiger partial charge on any atom is -0.440 e. The molecule has 0 aliphatic rings. The highest BCUT2D eigenvalue weighted by Crippen LogP contribution is 2.34. The van der Waals surface area contributed by atoms with Crippen molar-refractivity contribution in [2.45, 2.75) is 58.9 Å². The Bertz CT molecular complexity index is 170. The van der Waals surface area contributed by atoms with Gasteiger partial charge in [0, 0.05) is 0 Å². The summed E-state index contributed by atoms with van der Waals surface area (Å²) < 4.78 is 0. The van der Waals surface area contributed by atoms with E-state index < -0.39 is 29.6 Å². The molecule has 0 unspecified atom stereocenters. The van der Waals surface area contributed by atoms with Crippen molar-refractivity contribution in [2.75, 3.05) is 0 Å². The van der Waals surface area contributed by atoms with E-state index in [2.05, 4.69) is 58.9 Å². The summed E-state index contributed by atoms with van der Waals surface area (Å²) in [5, 5.41) is 0. The van der Waals surface area contributed by atoms with Gasteiger partial charge in [-0.15, -0.1) is 0 Å². The summed E-state index contributed by atoms with van der Waals surface area (Å²) in [5.41, 5.74) is 0. The van der Waals surface area contributed by atoms with Crippen molar-refractivity contribution in [1.29, 1.82) is 0 Å². The largest absolute Gasteiger partial charge is 0.440 e. The van der Waals surface area contributed by atoms with E-state index in [4.69, 9.17) is 0 Å². The molecule has 5 heteroatoms. The lowest BCUT2D eigenvalue weighted by atomic mass is 11.8. The van der Waals surface area contributed by atoms with Crippen LogP contribution in [0.4, 0.5) is 0 Å². The van der Waals surface area contributed by atoms with Gasteiger partial charge in [-0.25, -0.2) is 0 Å². The highest BCUT2D eigenvalue weighted by molar-refractivity contribution is 7.87. The molecule has 0 rings (SSSR count). The predicted octanol–water partition coefficient (Wildman–Crippen LogP) is 3.17. The summed E-state index contributed by atoms with van der Waals surface area (Å²) in [6.45, 7) is 19.5. The SMILES string of the molecule is C[Si](C)(C)[Si](O)([Si](C)(C)C)[Si](C)(C)C. The molecule has 0 amide bonds. The number of hydrogen-bond donors (Lipinski definition) is 1. The Balaban J connectivity index is 5.54. The van der Waals surface area contributed by atoms with Gasteiger partial charge in [-0.3, -0.25) is 0 Å². The third kappa shape index (κ3) is 2.32. The molecule has 0 aromatic rings. The van der Waals surface area contributed by atoms with Crippen LogP contribution in [0.1, 0.15) is 0 Å². The molecule has 0 aromatic carbocycles. The molecule has 0 radical (unpaired) electrons. The molecule has 0 fully saturated rings. The molecule has 0 heterocycles. The minimum absolute atomic E-state index is 1.36. The molecular weight excluding hydrogens is 236 g/mol. The molecule has 1 nitrogen and oxygen atoms in total. The van der Waals surface area contributed by atoms with Gasteiger partial charge in [0.2, 0.25) is 0 Å². The van der Waals surface area contributed by atoms with Gasteiger partial charge in [-0.2, -0.15) is 0 Å². The van der Waals surface area contributed by atoms with Crippen molar-refractivity contribution in [3.8, 4) is 0 Å². The molecule has 0 saturated carbocycles. The first-order chi connectivity index (χ1) is 5.75. The highest BCUT2D eigenvalue weighted by atomic mass is 29.9. The summed E-state index contributed by atoms with van der Waals surface area (Å²) in [6, 6.07) is 0. The van der Waals surface area contributed by atoms with Gasteiger partial charge in [0.1, 0.15) is 0 Å². The van der Waals surface area contributed by atoms with E-state index in [1.165, 1.54) is 0 Å². The van der Waals surface area contributed by atoms with Gasteiger partial charge in [0.05, 0.1) is 22.8 Å². The third-order valence-electron chi connectivity index (χ3n) is 3.26. The van der Waals surface area contributed by atoms with Crippen molar-refractivity contribution in [2.24, 2.45) is 0 Å². The first-order valence-electron chi connectivity index (χ1n) is 5.47. The Morgan fingerprint density at radius 1 is 0.500 bits per heavy atom. The maximum absolute atomic E-state index is 11.3. The zero-order chi connectivity index (χ0) is 12.0. The summed E-state index contributed by atoms with van der Waals surface area (Å²) in [4.78, 5) is 11.3. The molecule has 0 spiro atoms. The van der Waals surface area contributed by atoms with Crippen LogP contribution in [0.2, 0.25) is 58.9 Å². The van der Waals surface area contributed by atoms with Crippen molar-refractivity contribution in [3.05, 3.63) is 0 Å². The van der Waals surface area contributed by atoms with E-state index >= 15 is 0 Å². The van der Waals surface area contributed by atoms with Crippen LogP contribution < -0.4 is 0 Å². The van der Waals surface area contributed by atoms with Crippen LogP contribution >= 0.6 is 0 Å². The van der Waals surface area contributed by atoms with Crippen LogP contribution in [0.15, 0.2) is 0 Å². The second kappa shape index (κ2) is 3.69. The van der Waals surface area contributed by atoms with Gasteiger partial charge < -0.3 is 4.80 Å². The Labute approximate surface area is 93.5 Å². The monoisotopic (exact) mass is 264 g/mol. The normalized spacial score (nSPS) is 15.9. The van der Waals surface area contributed by atoms with Crippen LogP contribution in [0.3, 0.4) is 0 Å².